The van der Waals surface area contributed by atoms with Crippen LogP contribution in [0.1, 0.15) is 32.6 Å². The van der Waals surface area contributed by atoms with Gasteiger partial charge in [-0.1, -0.05) is 12.8 Å². The van der Waals surface area contributed by atoms with Crippen molar-refractivity contribution in [3.8, 4) is 6.07 Å². The topological polar surface area (TPSA) is 59.0 Å². The van der Waals surface area contributed by atoms with Crippen molar-refractivity contribution in [2.75, 3.05) is 6.54 Å². The lowest BCUT2D eigenvalue weighted by Gasteiger charge is -2.31. The molecule has 1 rings (SSSR count). The van der Waals surface area contributed by atoms with Gasteiger partial charge in [0, 0.05) is 0 Å². The first-order valence-corrected chi connectivity index (χ1v) is 5.03. The summed E-state index contributed by atoms with van der Waals surface area (Å²) in [5, 5.41) is 8.62. The van der Waals surface area contributed by atoms with Crippen molar-refractivity contribution < 1.29 is 4.74 Å². The zero-order chi connectivity index (χ0) is 9.68. The van der Waals surface area contributed by atoms with E-state index in [4.69, 9.17) is 15.7 Å². The first-order valence-electron chi connectivity index (χ1n) is 5.03. The Morgan fingerprint density at radius 2 is 2.23 bits per heavy atom. The van der Waals surface area contributed by atoms with Gasteiger partial charge in [0.05, 0.1) is 12.2 Å². The molecule has 1 fully saturated rings. The third-order valence-electron chi connectivity index (χ3n) is 2.70. The molecule has 3 unspecified atom stereocenters. The van der Waals surface area contributed by atoms with Crippen molar-refractivity contribution in [2.45, 2.75) is 44.8 Å². The summed E-state index contributed by atoms with van der Waals surface area (Å²) in [5.41, 5.74) is 5.65. The minimum absolute atomic E-state index is 0.216. The smallest absolute Gasteiger partial charge is 0.141 e. The Hall–Kier alpha value is -0.590. The quantitative estimate of drug-likeness (QED) is 0.718. The highest BCUT2D eigenvalue weighted by Crippen LogP contribution is 2.26. The fourth-order valence-corrected chi connectivity index (χ4v) is 1.92. The molecule has 1 saturated carbocycles. The molecule has 3 nitrogen and oxygen atoms in total. The van der Waals surface area contributed by atoms with Crippen LogP contribution in [0, 0.1) is 17.2 Å². The van der Waals surface area contributed by atoms with Crippen molar-refractivity contribution in [1.29, 1.82) is 5.26 Å². The molecule has 0 aromatic rings. The van der Waals surface area contributed by atoms with Crippen molar-refractivity contribution >= 4 is 0 Å². The Kier molecular flexibility index (Phi) is 4.20. The molecule has 0 bridgehead atoms. The summed E-state index contributed by atoms with van der Waals surface area (Å²) < 4.78 is 5.60. The van der Waals surface area contributed by atoms with Crippen LogP contribution in [0.25, 0.3) is 0 Å². The highest BCUT2D eigenvalue weighted by atomic mass is 16.5. The van der Waals surface area contributed by atoms with Gasteiger partial charge in [-0.05, 0) is 32.2 Å². The van der Waals surface area contributed by atoms with Crippen molar-refractivity contribution in [3.63, 3.8) is 0 Å². The van der Waals surface area contributed by atoms with Crippen molar-refractivity contribution in [3.05, 3.63) is 0 Å². The zero-order valence-electron chi connectivity index (χ0n) is 8.20. The lowest BCUT2D eigenvalue weighted by molar-refractivity contribution is -0.0283. The number of rotatable bonds is 3. The SMILES string of the molecule is CC(C#N)OC1CCCCC1CN. The molecule has 0 radical (unpaired) electrons. The van der Waals surface area contributed by atoms with Crippen LogP contribution in [-0.2, 0) is 4.74 Å². The molecule has 1 aliphatic carbocycles. The van der Waals surface area contributed by atoms with Crippen molar-refractivity contribution in [1.82, 2.24) is 0 Å². The molecule has 0 aromatic carbocycles. The van der Waals surface area contributed by atoms with Crippen LogP contribution in [0.5, 0.6) is 0 Å². The highest BCUT2D eigenvalue weighted by Gasteiger charge is 2.25. The minimum atomic E-state index is -0.294. The van der Waals surface area contributed by atoms with Gasteiger partial charge in [-0.15, -0.1) is 0 Å². The van der Waals surface area contributed by atoms with E-state index in [1.165, 1.54) is 12.8 Å². The molecule has 3 heteroatoms. The van der Waals surface area contributed by atoms with Crippen LogP contribution >= 0.6 is 0 Å². The van der Waals surface area contributed by atoms with Gasteiger partial charge in [0.1, 0.15) is 6.10 Å². The third-order valence-corrected chi connectivity index (χ3v) is 2.70. The Balaban J connectivity index is 2.41. The molecule has 13 heavy (non-hydrogen) atoms. The Morgan fingerprint density at radius 1 is 1.54 bits per heavy atom. The van der Waals surface area contributed by atoms with Crippen LogP contribution in [0.4, 0.5) is 0 Å². The summed E-state index contributed by atoms with van der Waals surface area (Å²) in [6, 6.07) is 2.09. The zero-order valence-corrected chi connectivity index (χ0v) is 8.20. The highest BCUT2D eigenvalue weighted by molar-refractivity contribution is 4.84. The lowest BCUT2D eigenvalue weighted by atomic mass is 9.86. The summed E-state index contributed by atoms with van der Waals surface area (Å²) in [6.07, 6.45) is 4.60. The maximum Gasteiger partial charge on any atom is 0.141 e. The van der Waals surface area contributed by atoms with E-state index in [-0.39, 0.29) is 12.2 Å². The number of hydrogen-bond acceptors (Lipinski definition) is 3. The first-order chi connectivity index (χ1) is 6.27. The maximum atomic E-state index is 8.62. The summed E-state index contributed by atoms with van der Waals surface area (Å²) >= 11 is 0. The van der Waals surface area contributed by atoms with E-state index < -0.39 is 0 Å². The molecule has 0 saturated heterocycles. The van der Waals surface area contributed by atoms with E-state index >= 15 is 0 Å². The molecule has 0 aromatic heterocycles. The predicted molar refractivity (Wildman–Crippen MR) is 51.0 cm³/mol. The van der Waals surface area contributed by atoms with Crippen LogP contribution in [0.3, 0.4) is 0 Å². The van der Waals surface area contributed by atoms with Gasteiger partial charge in [0.2, 0.25) is 0 Å². The molecule has 1 aliphatic rings. The molecule has 0 heterocycles. The second-order valence-electron chi connectivity index (χ2n) is 3.73. The van der Waals surface area contributed by atoms with Gasteiger partial charge < -0.3 is 10.5 Å². The Labute approximate surface area is 79.9 Å². The summed E-state index contributed by atoms with van der Waals surface area (Å²) in [7, 11) is 0. The van der Waals surface area contributed by atoms with Crippen LogP contribution < -0.4 is 5.73 Å². The molecule has 0 spiro atoms. The molecule has 0 aliphatic heterocycles. The summed E-state index contributed by atoms with van der Waals surface area (Å²) in [6.45, 7) is 2.48. The number of ether oxygens (including phenoxy) is 1. The van der Waals surface area contributed by atoms with E-state index in [0.29, 0.717) is 12.5 Å². The average molecular weight is 182 g/mol. The summed E-state index contributed by atoms with van der Waals surface area (Å²) in [4.78, 5) is 0. The van der Waals surface area contributed by atoms with Crippen LogP contribution in [0.2, 0.25) is 0 Å². The maximum absolute atomic E-state index is 8.62. The van der Waals surface area contributed by atoms with Crippen molar-refractivity contribution in [2.24, 2.45) is 11.7 Å². The van der Waals surface area contributed by atoms with Crippen LogP contribution in [0.15, 0.2) is 0 Å². The second kappa shape index (κ2) is 5.21. The van der Waals surface area contributed by atoms with E-state index in [1.54, 1.807) is 6.92 Å². The number of hydrogen-bond donors (Lipinski definition) is 1. The second-order valence-corrected chi connectivity index (χ2v) is 3.73. The van der Waals surface area contributed by atoms with E-state index in [1.807, 2.05) is 0 Å². The number of nitrogens with two attached hydrogens (primary N) is 1. The average Bonchev–Trinajstić information content (AvgIpc) is 2.18. The van der Waals surface area contributed by atoms with Gasteiger partial charge >= 0.3 is 0 Å². The molecule has 0 amide bonds. The lowest BCUT2D eigenvalue weighted by Crippen LogP contribution is -2.35. The molecule has 2 N–H and O–H groups in total. The van der Waals surface area contributed by atoms with E-state index in [0.717, 1.165) is 12.8 Å². The fraction of sp³-hybridized carbons (Fsp3) is 0.900. The number of nitriles is 1. The van der Waals surface area contributed by atoms with Crippen LogP contribution in [-0.4, -0.2) is 18.8 Å². The molecular weight excluding hydrogens is 164 g/mol. The monoisotopic (exact) mass is 182 g/mol. The van der Waals surface area contributed by atoms with Gasteiger partial charge in [-0.2, -0.15) is 5.26 Å². The Bertz CT molecular complexity index is 188. The predicted octanol–water partition coefficient (Wildman–Crippen LogP) is 1.43. The third kappa shape index (κ3) is 2.98. The standard InChI is InChI=1S/C10H18N2O/c1-8(6-11)13-10-5-3-2-4-9(10)7-12/h8-10H,2-5,7,12H2,1H3. The first kappa shape index (κ1) is 10.5. The Morgan fingerprint density at radius 3 is 2.85 bits per heavy atom. The fourth-order valence-electron chi connectivity index (χ4n) is 1.92. The van der Waals surface area contributed by atoms with E-state index in [2.05, 4.69) is 6.07 Å². The molecule has 74 valence electrons. The molecule has 3 atom stereocenters. The normalized spacial score (nSPS) is 30.8. The van der Waals surface area contributed by atoms with Gasteiger partial charge in [0.25, 0.3) is 0 Å². The minimum Gasteiger partial charge on any atom is -0.360 e. The van der Waals surface area contributed by atoms with E-state index in [9.17, 15) is 0 Å². The molecular formula is C10H18N2O. The number of nitrogens with zero attached hydrogens (tertiary/aromatic N) is 1. The summed E-state index contributed by atoms with van der Waals surface area (Å²) in [5.74, 6) is 0.463. The van der Waals surface area contributed by atoms with Gasteiger partial charge in [-0.25, -0.2) is 0 Å². The van der Waals surface area contributed by atoms with Gasteiger partial charge in [-0.3, -0.25) is 0 Å². The largest absolute Gasteiger partial charge is 0.360 e. The van der Waals surface area contributed by atoms with Gasteiger partial charge in [0.15, 0.2) is 0 Å².